The van der Waals surface area contributed by atoms with Crippen LogP contribution in [0.4, 0.5) is 5.69 Å². The van der Waals surface area contributed by atoms with Crippen LogP contribution in [0.15, 0.2) is 109 Å². The van der Waals surface area contributed by atoms with Gasteiger partial charge in [-0.2, -0.15) is 0 Å². The molecule has 238 valence electrons. The molecule has 4 aromatic carbocycles. The maximum absolute atomic E-state index is 13.7. The van der Waals surface area contributed by atoms with E-state index in [1.54, 1.807) is 0 Å². The third-order valence-corrected chi connectivity index (χ3v) is 8.18. The van der Waals surface area contributed by atoms with E-state index < -0.39 is 5.60 Å². The van der Waals surface area contributed by atoms with E-state index in [-0.39, 0.29) is 30.2 Å². The Morgan fingerprint density at radius 3 is 2.02 bits per heavy atom. The molecule has 1 aliphatic heterocycles. The van der Waals surface area contributed by atoms with Crippen molar-refractivity contribution in [2.24, 2.45) is 0 Å². The van der Waals surface area contributed by atoms with Gasteiger partial charge in [0.15, 0.2) is 0 Å². The Kier molecular flexibility index (Phi) is 10.5. The summed E-state index contributed by atoms with van der Waals surface area (Å²) in [6.07, 6.45) is 1.40. The first-order valence-electron chi connectivity index (χ1n) is 16.0. The molecule has 1 aliphatic rings. The van der Waals surface area contributed by atoms with E-state index in [1.807, 2.05) is 116 Å². The SMILES string of the molecule is CC(C)(C)OC(=O)CN1CCc2c(C(=O)NCCN(CCC(c3ccccc3)c3ccccc3)C(=O)c3ccccc3)cccc21. The molecule has 0 bridgehead atoms. The van der Waals surface area contributed by atoms with Crippen molar-refractivity contribution in [1.29, 1.82) is 0 Å². The third-order valence-electron chi connectivity index (χ3n) is 8.18. The molecule has 1 N–H and O–H groups in total. The maximum atomic E-state index is 13.7. The van der Waals surface area contributed by atoms with Crippen molar-refractivity contribution in [3.8, 4) is 0 Å². The second kappa shape index (κ2) is 14.9. The summed E-state index contributed by atoms with van der Waals surface area (Å²) in [6.45, 7) is 7.54. The number of nitrogens with zero attached hydrogens (tertiary/aromatic N) is 2. The number of hydrogen-bond acceptors (Lipinski definition) is 5. The van der Waals surface area contributed by atoms with Crippen LogP contribution in [-0.2, 0) is 16.0 Å². The normalized spacial score (nSPS) is 12.5. The van der Waals surface area contributed by atoms with Crippen LogP contribution in [0.1, 0.15) is 70.5 Å². The van der Waals surface area contributed by atoms with E-state index in [0.717, 1.165) is 17.7 Å². The fraction of sp³-hybridized carbons (Fsp3) is 0.308. The summed E-state index contributed by atoms with van der Waals surface area (Å²) in [7, 11) is 0. The molecule has 46 heavy (non-hydrogen) atoms. The highest BCUT2D eigenvalue weighted by molar-refractivity contribution is 5.98. The molecule has 0 spiro atoms. The number of hydrogen-bond donors (Lipinski definition) is 1. The van der Waals surface area contributed by atoms with Crippen molar-refractivity contribution in [2.45, 2.75) is 45.1 Å². The highest BCUT2D eigenvalue weighted by Crippen LogP contribution is 2.31. The molecular weight excluding hydrogens is 574 g/mol. The van der Waals surface area contributed by atoms with Crippen LogP contribution >= 0.6 is 0 Å². The number of esters is 1. The van der Waals surface area contributed by atoms with Gasteiger partial charge in [-0.05, 0) is 74.6 Å². The minimum absolute atomic E-state index is 0.0619. The Labute approximate surface area is 272 Å². The Balaban J connectivity index is 1.27. The molecule has 7 nitrogen and oxygen atoms in total. The van der Waals surface area contributed by atoms with Crippen LogP contribution in [0.5, 0.6) is 0 Å². The predicted molar refractivity (Wildman–Crippen MR) is 182 cm³/mol. The zero-order valence-corrected chi connectivity index (χ0v) is 26.9. The minimum atomic E-state index is -0.554. The van der Waals surface area contributed by atoms with E-state index in [2.05, 4.69) is 29.6 Å². The first-order chi connectivity index (χ1) is 22.2. The van der Waals surface area contributed by atoms with E-state index in [9.17, 15) is 14.4 Å². The number of carbonyl (C=O) groups excluding carboxylic acids is 3. The van der Waals surface area contributed by atoms with Crippen molar-refractivity contribution < 1.29 is 19.1 Å². The Bertz CT molecular complexity index is 1580. The summed E-state index contributed by atoms with van der Waals surface area (Å²) in [5.74, 6) is -0.415. The summed E-state index contributed by atoms with van der Waals surface area (Å²) < 4.78 is 5.51. The fourth-order valence-corrected chi connectivity index (χ4v) is 6.07. The lowest BCUT2D eigenvalue weighted by molar-refractivity contribution is -0.152. The molecule has 0 radical (unpaired) electrons. The molecule has 4 aromatic rings. The Hall–Kier alpha value is -4.91. The van der Waals surface area contributed by atoms with E-state index in [0.29, 0.717) is 43.7 Å². The van der Waals surface area contributed by atoms with Crippen molar-refractivity contribution >= 4 is 23.5 Å². The molecule has 0 unspecified atom stereocenters. The number of carbonyl (C=O) groups is 3. The molecule has 1 heterocycles. The lowest BCUT2D eigenvalue weighted by Gasteiger charge is -2.26. The number of fused-ring (bicyclic) bond motifs is 1. The Morgan fingerprint density at radius 2 is 1.41 bits per heavy atom. The molecule has 0 saturated heterocycles. The van der Waals surface area contributed by atoms with Gasteiger partial charge >= 0.3 is 5.97 Å². The van der Waals surface area contributed by atoms with Gasteiger partial charge in [0.25, 0.3) is 11.8 Å². The second-order valence-electron chi connectivity index (χ2n) is 12.6. The summed E-state index contributed by atoms with van der Waals surface area (Å²) in [5, 5.41) is 3.06. The molecule has 5 rings (SSSR count). The average molecular weight is 618 g/mol. The van der Waals surface area contributed by atoms with Gasteiger partial charge in [0, 0.05) is 48.9 Å². The number of ether oxygens (including phenoxy) is 1. The van der Waals surface area contributed by atoms with Gasteiger partial charge in [-0.15, -0.1) is 0 Å². The summed E-state index contributed by atoms with van der Waals surface area (Å²) >= 11 is 0. The quantitative estimate of drug-likeness (QED) is 0.184. The standard InChI is InChI=1S/C39H43N3O4/c1-39(2,3)46-36(43)28-42-26-23-33-34(20-13-21-35(33)42)37(44)40-24-27-41(38(45)31-18-11-6-12-19-31)25-22-32(29-14-7-4-8-15-29)30-16-9-5-10-17-30/h4-21,32H,22-28H2,1-3H3,(H,40,44). The monoisotopic (exact) mass is 617 g/mol. The number of anilines is 1. The van der Waals surface area contributed by atoms with Gasteiger partial charge in [0.05, 0.1) is 0 Å². The molecule has 0 aliphatic carbocycles. The van der Waals surface area contributed by atoms with E-state index in [1.165, 1.54) is 11.1 Å². The van der Waals surface area contributed by atoms with Gasteiger partial charge in [0.1, 0.15) is 12.1 Å². The molecule has 2 amide bonds. The van der Waals surface area contributed by atoms with Crippen molar-refractivity contribution in [3.05, 3.63) is 137 Å². The van der Waals surface area contributed by atoms with Gasteiger partial charge in [0.2, 0.25) is 0 Å². The smallest absolute Gasteiger partial charge is 0.326 e. The number of rotatable bonds is 12. The van der Waals surface area contributed by atoms with Crippen molar-refractivity contribution in [2.75, 3.05) is 37.6 Å². The second-order valence-corrected chi connectivity index (χ2v) is 12.6. The van der Waals surface area contributed by atoms with E-state index >= 15 is 0 Å². The highest BCUT2D eigenvalue weighted by atomic mass is 16.6. The van der Waals surface area contributed by atoms with E-state index in [4.69, 9.17) is 4.74 Å². The third kappa shape index (κ3) is 8.42. The van der Waals surface area contributed by atoms with Crippen LogP contribution in [0.25, 0.3) is 0 Å². The number of nitrogens with one attached hydrogen (secondary N) is 1. The first-order valence-corrected chi connectivity index (χ1v) is 16.0. The van der Waals surface area contributed by atoms with Gasteiger partial charge < -0.3 is 19.9 Å². The average Bonchev–Trinajstić information content (AvgIpc) is 3.46. The van der Waals surface area contributed by atoms with Gasteiger partial charge in [-0.1, -0.05) is 84.9 Å². The molecule has 0 fully saturated rings. The van der Waals surface area contributed by atoms with Gasteiger partial charge in [-0.3, -0.25) is 14.4 Å². The van der Waals surface area contributed by atoms with Crippen LogP contribution in [-0.4, -0.2) is 61.0 Å². The van der Waals surface area contributed by atoms with Crippen LogP contribution in [0.2, 0.25) is 0 Å². The lowest BCUT2D eigenvalue weighted by Crippen LogP contribution is -2.39. The largest absolute Gasteiger partial charge is 0.459 e. The zero-order valence-electron chi connectivity index (χ0n) is 26.9. The zero-order chi connectivity index (χ0) is 32.5. The Morgan fingerprint density at radius 1 is 0.804 bits per heavy atom. The predicted octanol–water partition coefficient (Wildman–Crippen LogP) is 6.49. The molecule has 0 atom stereocenters. The van der Waals surface area contributed by atoms with Crippen LogP contribution in [0.3, 0.4) is 0 Å². The summed E-state index contributed by atoms with van der Waals surface area (Å²) in [4.78, 5) is 43.5. The van der Waals surface area contributed by atoms with Crippen LogP contribution < -0.4 is 10.2 Å². The summed E-state index contributed by atoms with van der Waals surface area (Å²) in [6, 6.07) is 35.7. The summed E-state index contributed by atoms with van der Waals surface area (Å²) in [5.41, 5.74) is 4.87. The first kappa shape index (κ1) is 32.5. The molecule has 0 aromatic heterocycles. The lowest BCUT2D eigenvalue weighted by atomic mass is 9.88. The van der Waals surface area contributed by atoms with Crippen molar-refractivity contribution in [3.63, 3.8) is 0 Å². The van der Waals surface area contributed by atoms with Gasteiger partial charge in [-0.25, -0.2) is 0 Å². The minimum Gasteiger partial charge on any atom is -0.459 e. The topological polar surface area (TPSA) is 79.0 Å². The van der Waals surface area contributed by atoms with Crippen LogP contribution in [0, 0.1) is 0 Å². The molecule has 7 heteroatoms. The van der Waals surface area contributed by atoms with Crippen molar-refractivity contribution in [1.82, 2.24) is 10.2 Å². The molecular formula is C39H43N3O4. The highest BCUT2D eigenvalue weighted by Gasteiger charge is 2.28. The maximum Gasteiger partial charge on any atom is 0.326 e. The molecule has 0 saturated carbocycles. The number of amides is 2. The fourth-order valence-electron chi connectivity index (χ4n) is 6.07. The number of benzene rings is 4.